The third kappa shape index (κ3) is 4.30. The fourth-order valence-corrected chi connectivity index (χ4v) is 3.65. The van der Waals surface area contributed by atoms with Crippen molar-refractivity contribution in [1.82, 2.24) is 10.1 Å². The molecule has 0 spiro atoms. The number of carbonyl (C=O) groups is 1. The van der Waals surface area contributed by atoms with E-state index in [4.69, 9.17) is 15.0 Å². The number of amides is 1. The molecule has 7 heteroatoms. The molecule has 4 rings (SSSR count). The summed E-state index contributed by atoms with van der Waals surface area (Å²) in [6.45, 7) is 3.26. The van der Waals surface area contributed by atoms with Crippen LogP contribution in [0.5, 0.6) is 11.5 Å². The van der Waals surface area contributed by atoms with Crippen molar-refractivity contribution in [1.29, 1.82) is 0 Å². The van der Waals surface area contributed by atoms with Crippen LogP contribution < -0.4 is 10.5 Å². The highest BCUT2D eigenvalue weighted by atomic mass is 19.1. The largest absolute Gasteiger partial charge is 0.457 e. The highest BCUT2D eigenvalue weighted by Crippen LogP contribution is 2.33. The number of benzene rings is 2. The molecule has 1 saturated heterocycles. The van der Waals surface area contributed by atoms with E-state index in [9.17, 15) is 9.18 Å². The average Bonchev–Trinajstić information content (AvgIpc) is 3.33. The van der Waals surface area contributed by atoms with Crippen LogP contribution in [-0.4, -0.2) is 22.5 Å². The van der Waals surface area contributed by atoms with Crippen molar-refractivity contribution in [3.8, 4) is 11.5 Å². The number of primary amides is 1. The zero-order chi connectivity index (χ0) is 20.4. The van der Waals surface area contributed by atoms with E-state index >= 15 is 0 Å². The van der Waals surface area contributed by atoms with E-state index in [2.05, 4.69) is 10.1 Å². The van der Waals surface area contributed by atoms with Crippen LogP contribution in [0.15, 0.2) is 53.1 Å². The van der Waals surface area contributed by atoms with Crippen molar-refractivity contribution in [3.05, 3.63) is 76.9 Å². The van der Waals surface area contributed by atoms with E-state index < -0.39 is 5.91 Å². The Morgan fingerprint density at radius 3 is 2.66 bits per heavy atom. The zero-order valence-electron chi connectivity index (χ0n) is 16.1. The van der Waals surface area contributed by atoms with Gasteiger partial charge in [-0.05, 0) is 56.6 Å². The molecular weight excluding hydrogens is 373 g/mol. The van der Waals surface area contributed by atoms with Gasteiger partial charge in [0.25, 0.3) is 0 Å². The Bertz CT molecular complexity index is 1020. The van der Waals surface area contributed by atoms with Crippen LogP contribution >= 0.6 is 0 Å². The standard InChI is InChI=1S/C22H22FN3O3/c1-14-11-20(25-29-14)21-3-2-10-26(21)13-16-6-9-18(12-19(16)23)28-17-7-4-15(5-8-17)22(24)27/h4-9,11-12,21H,2-3,10,13H2,1H3,(H2,24,27). The summed E-state index contributed by atoms with van der Waals surface area (Å²) in [5.74, 6) is 0.848. The summed E-state index contributed by atoms with van der Waals surface area (Å²) in [6.07, 6.45) is 2.02. The van der Waals surface area contributed by atoms with Crippen LogP contribution in [0.4, 0.5) is 4.39 Å². The van der Waals surface area contributed by atoms with Gasteiger partial charge < -0.3 is 15.0 Å². The smallest absolute Gasteiger partial charge is 0.248 e. The highest BCUT2D eigenvalue weighted by Gasteiger charge is 2.29. The molecule has 0 radical (unpaired) electrons. The first-order valence-corrected chi connectivity index (χ1v) is 9.53. The number of likely N-dealkylation sites (tertiary alicyclic amines) is 1. The van der Waals surface area contributed by atoms with Gasteiger partial charge in [-0.15, -0.1) is 0 Å². The lowest BCUT2D eigenvalue weighted by Gasteiger charge is -2.23. The van der Waals surface area contributed by atoms with Crippen LogP contribution in [-0.2, 0) is 6.54 Å². The van der Waals surface area contributed by atoms with Gasteiger partial charge in [-0.3, -0.25) is 9.69 Å². The van der Waals surface area contributed by atoms with E-state index in [1.54, 1.807) is 36.4 Å². The van der Waals surface area contributed by atoms with Gasteiger partial charge >= 0.3 is 0 Å². The fraction of sp³-hybridized carbons (Fsp3) is 0.273. The van der Waals surface area contributed by atoms with Gasteiger partial charge in [-0.2, -0.15) is 0 Å². The summed E-state index contributed by atoms with van der Waals surface area (Å²) in [4.78, 5) is 13.3. The lowest BCUT2D eigenvalue weighted by Crippen LogP contribution is -2.23. The molecule has 1 aliphatic heterocycles. The first-order chi connectivity index (χ1) is 14.0. The predicted molar refractivity (Wildman–Crippen MR) is 105 cm³/mol. The number of aromatic nitrogens is 1. The second kappa shape index (κ2) is 8.05. The minimum atomic E-state index is -0.507. The number of hydrogen-bond donors (Lipinski definition) is 1. The molecule has 0 bridgehead atoms. The Morgan fingerprint density at radius 2 is 2.00 bits per heavy atom. The predicted octanol–water partition coefficient (Wildman–Crippen LogP) is 4.35. The Labute approximate surface area is 168 Å². The summed E-state index contributed by atoms with van der Waals surface area (Å²) >= 11 is 0. The molecule has 2 N–H and O–H groups in total. The highest BCUT2D eigenvalue weighted by molar-refractivity contribution is 5.92. The number of carbonyl (C=O) groups excluding carboxylic acids is 1. The summed E-state index contributed by atoms with van der Waals surface area (Å²) in [5.41, 5.74) is 7.12. The van der Waals surface area contributed by atoms with Crippen LogP contribution in [0, 0.1) is 12.7 Å². The lowest BCUT2D eigenvalue weighted by molar-refractivity contribution is 0.100. The van der Waals surface area contributed by atoms with Crippen molar-refractivity contribution in [2.24, 2.45) is 5.73 Å². The molecule has 2 aromatic carbocycles. The van der Waals surface area contributed by atoms with Crippen LogP contribution in [0.1, 0.15) is 46.3 Å². The van der Waals surface area contributed by atoms with Gasteiger partial charge in [-0.1, -0.05) is 11.2 Å². The van der Waals surface area contributed by atoms with Gasteiger partial charge in [0, 0.05) is 29.8 Å². The molecule has 1 aliphatic rings. The van der Waals surface area contributed by atoms with Crippen LogP contribution in [0.3, 0.4) is 0 Å². The quantitative estimate of drug-likeness (QED) is 0.671. The lowest BCUT2D eigenvalue weighted by atomic mass is 10.1. The summed E-state index contributed by atoms with van der Waals surface area (Å²) in [5, 5.41) is 4.13. The molecule has 0 saturated carbocycles. The number of ether oxygens (including phenoxy) is 1. The SMILES string of the molecule is Cc1cc(C2CCCN2Cc2ccc(Oc3ccc(C(N)=O)cc3)cc2F)no1. The molecule has 29 heavy (non-hydrogen) atoms. The number of halogens is 1. The molecule has 1 aromatic heterocycles. The molecule has 3 aromatic rings. The molecule has 2 heterocycles. The summed E-state index contributed by atoms with van der Waals surface area (Å²) in [7, 11) is 0. The van der Waals surface area contributed by atoms with Gasteiger partial charge in [0.05, 0.1) is 6.04 Å². The molecule has 150 valence electrons. The van der Waals surface area contributed by atoms with Gasteiger partial charge in [0.1, 0.15) is 28.8 Å². The van der Waals surface area contributed by atoms with Crippen molar-refractivity contribution >= 4 is 5.91 Å². The van der Waals surface area contributed by atoms with E-state index in [1.165, 1.54) is 6.07 Å². The van der Waals surface area contributed by atoms with E-state index in [0.29, 0.717) is 29.2 Å². The van der Waals surface area contributed by atoms with Gasteiger partial charge in [-0.25, -0.2) is 4.39 Å². The van der Waals surface area contributed by atoms with E-state index in [0.717, 1.165) is 30.8 Å². The van der Waals surface area contributed by atoms with Gasteiger partial charge in [0.2, 0.25) is 5.91 Å². The third-order valence-electron chi connectivity index (χ3n) is 5.12. The van der Waals surface area contributed by atoms with Crippen molar-refractivity contribution in [2.75, 3.05) is 6.54 Å². The van der Waals surface area contributed by atoms with Gasteiger partial charge in [0.15, 0.2) is 0 Å². The fourth-order valence-electron chi connectivity index (χ4n) is 3.65. The zero-order valence-corrected chi connectivity index (χ0v) is 16.1. The minimum absolute atomic E-state index is 0.145. The van der Waals surface area contributed by atoms with Crippen molar-refractivity contribution < 1.29 is 18.4 Å². The van der Waals surface area contributed by atoms with Crippen molar-refractivity contribution in [3.63, 3.8) is 0 Å². The Kier molecular flexibility index (Phi) is 5.31. The Balaban J connectivity index is 1.45. The number of aryl methyl sites for hydroxylation is 1. The monoisotopic (exact) mass is 395 g/mol. The maximum Gasteiger partial charge on any atom is 0.248 e. The molecule has 1 amide bonds. The molecule has 0 aliphatic carbocycles. The number of hydrogen-bond acceptors (Lipinski definition) is 5. The van der Waals surface area contributed by atoms with Crippen LogP contribution in [0.25, 0.3) is 0 Å². The summed E-state index contributed by atoms with van der Waals surface area (Å²) in [6, 6.07) is 13.3. The first kappa shape index (κ1) is 19.1. The topological polar surface area (TPSA) is 81.6 Å². The second-order valence-electron chi connectivity index (χ2n) is 7.23. The molecular formula is C22H22FN3O3. The number of nitrogens with zero attached hydrogens (tertiary/aromatic N) is 2. The average molecular weight is 395 g/mol. The second-order valence-corrected chi connectivity index (χ2v) is 7.23. The third-order valence-corrected chi connectivity index (χ3v) is 5.12. The number of rotatable bonds is 6. The van der Waals surface area contributed by atoms with E-state index in [1.807, 2.05) is 13.0 Å². The maximum atomic E-state index is 14.7. The van der Waals surface area contributed by atoms with Crippen molar-refractivity contribution in [2.45, 2.75) is 32.4 Å². The molecule has 1 atom stereocenters. The van der Waals surface area contributed by atoms with Crippen LogP contribution in [0.2, 0.25) is 0 Å². The molecule has 1 fully saturated rings. The maximum absolute atomic E-state index is 14.7. The summed E-state index contributed by atoms with van der Waals surface area (Å²) < 4.78 is 25.6. The normalized spacial score (nSPS) is 16.8. The van der Waals surface area contributed by atoms with E-state index in [-0.39, 0.29) is 11.9 Å². The minimum Gasteiger partial charge on any atom is -0.457 e. The molecule has 1 unspecified atom stereocenters. The Morgan fingerprint density at radius 1 is 1.24 bits per heavy atom. The Hall–Kier alpha value is -3.19. The first-order valence-electron chi connectivity index (χ1n) is 9.53. The number of nitrogens with two attached hydrogens (primary N) is 1. The molecule has 6 nitrogen and oxygen atoms in total.